The van der Waals surface area contributed by atoms with Crippen LogP contribution >= 0.6 is 0 Å². The zero-order chi connectivity index (χ0) is 18.5. The third-order valence-corrected chi connectivity index (χ3v) is 4.59. The molecule has 1 aromatic heterocycles. The lowest BCUT2D eigenvalue weighted by atomic mass is 10.2. The van der Waals surface area contributed by atoms with Crippen molar-refractivity contribution >= 4 is 11.5 Å². The van der Waals surface area contributed by atoms with Gasteiger partial charge in [0.05, 0.1) is 12.2 Å². The van der Waals surface area contributed by atoms with E-state index in [1.54, 1.807) is 18.3 Å². The Kier molecular flexibility index (Phi) is 5.61. The van der Waals surface area contributed by atoms with Gasteiger partial charge < -0.3 is 15.4 Å². The molecule has 1 aromatic carbocycles. The topological polar surface area (TPSA) is 51.1 Å². The minimum Gasteiger partial charge on any atom is -0.461 e. The highest BCUT2D eigenvalue weighted by Crippen LogP contribution is 2.31. The number of nitrogens with zero attached hydrogens (tertiary/aromatic N) is 2. The molecule has 2 N–H and O–H groups in total. The van der Waals surface area contributed by atoms with Crippen molar-refractivity contribution in [1.29, 1.82) is 0 Å². The molecule has 1 aliphatic carbocycles. The Labute approximate surface area is 153 Å². The van der Waals surface area contributed by atoms with E-state index in [-0.39, 0.29) is 11.9 Å². The molecular weight excluding hydrogens is 331 g/mol. The lowest BCUT2D eigenvalue weighted by Crippen LogP contribution is -2.17. The highest BCUT2D eigenvalue weighted by molar-refractivity contribution is 5.70. The van der Waals surface area contributed by atoms with Gasteiger partial charge in [-0.2, -0.15) is 4.98 Å². The Hall–Kier alpha value is -2.76. The summed E-state index contributed by atoms with van der Waals surface area (Å²) in [6.07, 6.45) is 6.19. The Morgan fingerprint density at radius 1 is 1.35 bits per heavy atom. The highest BCUT2D eigenvalue weighted by Gasteiger charge is 2.24. The molecule has 1 fully saturated rings. The molecule has 5 nitrogen and oxygen atoms in total. The van der Waals surface area contributed by atoms with E-state index in [2.05, 4.69) is 28.8 Å². The van der Waals surface area contributed by atoms with Crippen LogP contribution in [-0.4, -0.2) is 22.7 Å². The minimum absolute atomic E-state index is 0.177. The van der Waals surface area contributed by atoms with Gasteiger partial charge >= 0.3 is 0 Å². The number of rotatable bonds is 8. The maximum Gasteiger partial charge on any atom is 0.299 e. The molecule has 0 aliphatic heterocycles. The molecule has 0 unspecified atom stereocenters. The molecule has 26 heavy (non-hydrogen) atoms. The Morgan fingerprint density at radius 2 is 2.04 bits per heavy atom. The lowest BCUT2D eigenvalue weighted by molar-refractivity contribution is 0.185. The molecule has 1 saturated carbocycles. The quantitative estimate of drug-likeness (QED) is 0.746. The number of halogens is 1. The molecule has 0 atom stereocenters. The van der Waals surface area contributed by atoms with E-state index in [0.717, 1.165) is 24.1 Å². The smallest absolute Gasteiger partial charge is 0.299 e. The van der Waals surface area contributed by atoms with Gasteiger partial charge in [-0.15, -0.1) is 0 Å². The molecule has 2 aromatic rings. The zero-order valence-corrected chi connectivity index (χ0v) is 15.1. The number of ether oxygens (including phenoxy) is 1. The predicted molar refractivity (Wildman–Crippen MR) is 103 cm³/mol. The van der Waals surface area contributed by atoms with Crippen molar-refractivity contribution in [3.8, 4) is 6.01 Å². The molecular formula is C20H25FN4O. The number of imidazole rings is 1. The van der Waals surface area contributed by atoms with Gasteiger partial charge in [-0.3, -0.25) is 4.57 Å². The molecule has 0 bridgehead atoms. The van der Waals surface area contributed by atoms with Crippen LogP contribution in [0.4, 0.5) is 10.2 Å². The first-order chi connectivity index (χ1) is 12.6. The second-order valence-electron chi connectivity index (χ2n) is 6.41. The van der Waals surface area contributed by atoms with Crippen molar-refractivity contribution in [3.05, 3.63) is 60.7 Å². The normalized spacial score (nSPS) is 14.2. The summed E-state index contributed by atoms with van der Waals surface area (Å²) in [6.45, 7) is 8.32. The van der Waals surface area contributed by atoms with Crippen LogP contribution in [0.1, 0.15) is 36.9 Å². The van der Waals surface area contributed by atoms with E-state index in [1.807, 2.05) is 11.6 Å². The summed E-state index contributed by atoms with van der Waals surface area (Å²) in [5, 5.41) is 6.14. The van der Waals surface area contributed by atoms with Gasteiger partial charge in [-0.25, -0.2) is 4.39 Å². The molecule has 6 heteroatoms. The van der Waals surface area contributed by atoms with Crippen LogP contribution in [0.25, 0.3) is 5.70 Å². The fourth-order valence-electron chi connectivity index (χ4n) is 3.22. The van der Waals surface area contributed by atoms with Gasteiger partial charge in [0.1, 0.15) is 17.6 Å². The van der Waals surface area contributed by atoms with Gasteiger partial charge in [0.15, 0.2) is 5.82 Å². The maximum atomic E-state index is 13.3. The van der Waals surface area contributed by atoms with Crippen molar-refractivity contribution in [2.75, 3.05) is 12.4 Å². The third kappa shape index (κ3) is 3.90. The highest BCUT2D eigenvalue weighted by atomic mass is 19.1. The molecule has 138 valence electrons. The van der Waals surface area contributed by atoms with Crippen molar-refractivity contribution < 1.29 is 9.13 Å². The van der Waals surface area contributed by atoms with E-state index in [9.17, 15) is 4.39 Å². The number of anilines is 1. The average molecular weight is 356 g/mol. The van der Waals surface area contributed by atoms with Crippen LogP contribution < -0.4 is 15.4 Å². The van der Waals surface area contributed by atoms with Gasteiger partial charge in [0, 0.05) is 7.05 Å². The largest absolute Gasteiger partial charge is 0.461 e. The Bertz CT molecular complexity index is 776. The standard InChI is InChI=1S/C20H25FN4O/c1-4-23-19-18(14(2)22-3)25(13-15-9-11-16(21)12-10-15)20(24-19)26-17-7-5-6-8-17/h4,9-12,17,22-23H,1-2,5-8,13H2,3H3. The molecule has 1 heterocycles. The predicted octanol–water partition coefficient (Wildman–Crippen LogP) is 4.14. The van der Waals surface area contributed by atoms with E-state index >= 15 is 0 Å². The second kappa shape index (κ2) is 8.08. The number of aromatic nitrogens is 2. The van der Waals surface area contributed by atoms with Crippen molar-refractivity contribution in [2.24, 2.45) is 0 Å². The van der Waals surface area contributed by atoms with Gasteiger partial charge in [-0.05, 0) is 49.6 Å². The summed E-state index contributed by atoms with van der Waals surface area (Å²) in [5.74, 6) is 0.380. The van der Waals surface area contributed by atoms with Crippen molar-refractivity contribution in [1.82, 2.24) is 14.9 Å². The van der Waals surface area contributed by atoms with Crippen LogP contribution in [0.3, 0.4) is 0 Å². The number of benzene rings is 1. The minimum atomic E-state index is -0.254. The van der Waals surface area contributed by atoms with E-state index in [4.69, 9.17) is 4.74 Å². The summed E-state index contributed by atoms with van der Waals surface area (Å²) in [4.78, 5) is 4.63. The monoisotopic (exact) mass is 356 g/mol. The Morgan fingerprint density at radius 3 is 2.65 bits per heavy atom. The first-order valence-electron chi connectivity index (χ1n) is 8.88. The second-order valence-corrected chi connectivity index (χ2v) is 6.41. The lowest BCUT2D eigenvalue weighted by Gasteiger charge is -2.17. The SMILES string of the molecule is C=CNc1nc(OC2CCCC2)n(Cc2ccc(F)cc2)c1C(=C)NC. The van der Waals surface area contributed by atoms with Gasteiger partial charge in [-0.1, -0.05) is 25.3 Å². The number of nitrogens with one attached hydrogen (secondary N) is 2. The maximum absolute atomic E-state index is 13.3. The molecule has 3 rings (SSSR count). The summed E-state index contributed by atoms with van der Waals surface area (Å²) < 4.78 is 21.4. The van der Waals surface area contributed by atoms with Gasteiger partial charge in [0.25, 0.3) is 6.01 Å². The summed E-state index contributed by atoms with van der Waals surface area (Å²) in [7, 11) is 1.81. The van der Waals surface area contributed by atoms with Gasteiger partial charge in [0.2, 0.25) is 0 Å². The van der Waals surface area contributed by atoms with Crippen molar-refractivity contribution in [3.63, 3.8) is 0 Å². The number of hydrogen-bond acceptors (Lipinski definition) is 4. The first-order valence-corrected chi connectivity index (χ1v) is 8.88. The molecule has 1 aliphatic rings. The van der Waals surface area contributed by atoms with Crippen LogP contribution in [-0.2, 0) is 6.54 Å². The van der Waals surface area contributed by atoms with Crippen LogP contribution in [0.15, 0.2) is 43.6 Å². The zero-order valence-electron chi connectivity index (χ0n) is 15.1. The van der Waals surface area contributed by atoms with Crippen LogP contribution in [0, 0.1) is 5.82 Å². The number of hydrogen-bond donors (Lipinski definition) is 2. The summed E-state index contributed by atoms with van der Waals surface area (Å²) in [6, 6.07) is 6.98. The fourth-order valence-corrected chi connectivity index (χ4v) is 3.22. The van der Waals surface area contributed by atoms with E-state index in [0.29, 0.717) is 24.1 Å². The summed E-state index contributed by atoms with van der Waals surface area (Å²) in [5.41, 5.74) is 2.46. The van der Waals surface area contributed by atoms with Crippen molar-refractivity contribution in [2.45, 2.75) is 38.3 Å². The van der Waals surface area contributed by atoms with E-state index in [1.165, 1.54) is 25.0 Å². The van der Waals surface area contributed by atoms with Crippen LogP contribution in [0.5, 0.6) is 6.01 Å². The van der Waals surface area contributed by atoms with E-state index < -0.39 is 0 Å². The first kappa shape index (κ1) is 18.0. The molecule has 0 spiro atoms. The average Bonchev–Trinajstić information content (AvgIpc) is 3.26. The molecule has 0 amide bonds. The molecule has 0 saturated heterocycles. The third-order valence-electron chi connectivity index (χ3n) is 4.59. The summed E-state index contributed by atoms with van der Waals surface area (Å²) >= 11 is 0. The fraction of sp³-hybridized carbons (Fsp3) is 0.350. The Balaban J connectivity index is 2.01. The molecule has 0 radical (unpaired) electrons. The van der Waals surface area contributed by atoms with Crippen LogP contribution in [0.2, 0.25) is 0 Å².